The summed E-state index contributed by atoms with van der Waals surface area (Å²) in [5.74, 6) is 0.582. The standard InChI is InChI=1S/C17H17N5O2S/c1-12(23)20-13-5-4-6-14(11-13)24-10-9-19-17-22-21-16(25-17)15-7-2-3-8-18-15/h2-8,11H,9-10H2,1H3,(H,19,22)(H,20,23). The van der Waals surface area contributed by atoms with Crippen LogP contribution >= 0.6 is 11.3 Å². The predicted molar refractivity (Wildman–Crippen MR) is 97.9 cm³/mol. The van der Waals surface area contributed by atoms with Crippen LogP contribution < -0.4 is 15.4 Å². The van der Waals surface area contributed by atoms with Gasteiger partial charge in [-0.05, 0) is 24.3 Å². The molecule has 3 aromatic rings. The lowest BCUT2D eigenvalue weighted by atomic mass is 10.3. The second-order valence-electron chi connectivity index (χ2n) is 5.11. The van der Waals surface area contributed by atoms with Gasteiger partial charge in [-0.1, -0.05) is 23.5 Å². The van der Waals surface area contributed by atoms with Crippen LogP contribution in [0.1, 0.15) is 6.92 Å². The van der Waals surface area contributed by atoms with Crippen molar-refractivity contribution in [2.75, 3.05) is 23.8 Å². The minimum atomic E-state index is -0.112. The maximum atomic E-state index is 11.1. The third-order valence-corrected chi connectivity index (χ3v) is 4.01. The fraction of sp³-hybridized carbons (Fsp3) is 0.176. The Morgan fingerprint density at radius 3 is 2.92 bits per heavy atom. The van der Waals surface area contributed by atoms with Crippen molar-refractivity contribution in [1.29, 1.82) is 0 Å². The van der Waals surface area contributed by atoms with Crippen LogP contribution in [0.4, 0.5) is 10.8 Å². The number of carbonyl (C=O) groups excluding carboxylic acids is 1. The van der Waals surface area contributed by atoms with Gasteiger partial charge in [-0.2, -0.15) is 0 Å². The number of ether oxygens (including phenoxy) is 1. The molecular weight excluding hydrogens is 338 g/mol. The molecule has 0 aliphatic heterocycles. The number of aromatic nitrogens is 3. The highest BCUT2D eigenvalue weighted by atomic mass is 32.1. The lowest BCUT2D eigenvalue weighted by molar-refractivity contribution is -0.114. The number of nitrogens with zero attached hydrogens (tertiary/aromatic N) is 3. The summed E-state index contributed by atoms with van der Waals surface area (Å²) >= 11 is 1.44. The first kappa shape index (κ1) is 16.8. The molecule has 7 nitrogen and oxygen atoms in total. The SMILES string of the molecule is CC(=O)Nc1cccc(OCCNc2nnc(-c3ccccn3)s2)c1. The van der Waals surface area contributed by atoms with Crippen LogP contribution in [0.2, 0.25) is 0 Å². The van der Waals surface area contributed by atoms with E-state index < -0.39 is 0 Å². The first-order valence-corrected chi connectivity index (χ1v) is 8.51. The van der Waals surface area contributed by atoms with E-state index in [1.54, 1.807) is 12.3 Å². The van der Waals surface area contributed by atoms with Crippen molar-refractivity contribution in [2.45, 2.75) is 6.92 Å². The predicted octanol–water partition coefficient (Wildman–Crippen LogP) is 3.05. The van der Waals surface area contributed by atoms with Gasteiger partial charge in [0.05, 0.1) is 6.54 Å². The highest BCUT2D eigenvalue weighted by Gasteiger charge is 2.06. The van der Waals surface area contributed by atoms with Crippen LogP contribution in [0.15, 0.2) is 48.7 Å². The summed E-state index contributed by atoms with van der Waals surface area (Å²) in [5.41, 5.74) is 1.51. The van der Waals surface area contributed by atoms with Gasteiger partial charge in [0, 0.05) is 24.9 Å². The van der Waals surface area contributed by atoms with E-state index >= 15 is 0 Å². The van der Waals surface area contributed by atoms with Crippen molar-refractivity contribution in [3.63, 3.8) is 0 Å². The largest absolute Gasteiger partial charge is 0.492 e. The van der Waals surface area contributed by atoms with Crippen molar-refractivity contribution in [3.8, 4) is 16.5 Å². The van der Waals surface area contributed by atoms with Crippen molar-refractivity contribution in [2.24, 2.45) is 0 Å². The number of hydrogen-bond donors (Lipinski definition) is 2. The Labute approximate surface area is 149 Å². The smallest absolute Gasteiger partial charge is 0.221 e. The number of benzene rings is 1. The molecular formula is C17H17N5O2S. The summed E-state index contributed by atoms with van der Waals surface area (Å²) in [6, 6.07) is 12.9. The molecule has 0 saturated carbocycles. The normalized spacial score (nSPS) is 10.3. The molecule has 1 aromatic carbocycles. The van der Waals surface area contributed by atoms with Gasteiger partial charge in [0.15, 0.2) is 5.01 Å². The molecule has 128 valence electrons. The Morgan fingerprint density at radius 1 is 1.20 bits per heavy atom. The monoisotopic (exact) mass is 355 g/mol. The minimum absolute atomic E-state index is 0.112. The molecule has 2 heterocycles. The first-order valence-electron chi connectivity index (χ1n) is 7.70. The summed E-state index contributed by atoms with van der Waals surface area (Å²) in [7, 11) is 0. The van der Waals surface area contributed by atoms with E-state index in [4.69, 9.17) is 4.74 Å². The van der Waals surface area contributed by atoms with Crippen LogP contribution in [-0.2, 0) is 4.79 Å². The van der Waals surface area contributed by atoms with Crippen molar-refractivity contribution in [1.82, 2.24) is 15.2 Å². The Kier molecular flexibility index (Phi) is 5.53. The first-order chi connectivity index (χ1) is 12.2. The summed E-state index contributed by atoms with van der Waals surface area (Å²) in [6.07, 6.45) is 1.73. The summed E-state index contributed by atoms with van der Waals surface area (Å²) in [6.45, 7) is 2.52. The van der Waals surface area contributed by atoms with Gasteiger partial charge in [-0.25, -0.2) is 0 Å². The quantitative estimate of drug-likeness (QED) is 0.633. The number of carbonyl (C=O) groups is 1. The average molecular weight is 355 g/mol. The highest BCUT2D eigenvalue weighted by molar-refractivity contribution is 7.18. The molecule has 0 atom stereocenters. The second-order valence-corrected chi connectivity index (χ2v) is 6.09. The Balaban J connectivity index is 1.48. The number of pyridine rings is 1. The Morgan fingerprint density at radius 2 is 2.12 bits per heavy atom. The van der Waals surface area contributed by atoms with E-state index in [-0.39, 0.29) is 5.91 Å². The molecule has 0 saturated heterocycles. The highest BCUT2D eigenvalue weighted by Crippen LogP contribution is 2.24. The van der Waals surface area contributed by atoms with Crippen molar-refractivity contribution in [3.05, 3.63) is 48.7 Å². The topological polar surface area (TPSA) is 89.0 Å². The lowest BCUT2D eigenvalue weighted by Gasteiger charge is -2.08. The van der Waals surface area contributed by atoms with E-state index in [0.717, 1.165) is 15.8 Å². The molecule has 1 amide bonds. The van der Waals surface area contributed by atoms with Crippen LogP contribution in [-0.4, -0.2) is 34.2 Å². The van der Waals surface area contributed by atoms with Gasteiger partial charge in [-0.15, -0.1) is 10.2 Å². The molecule has 0 unspecified atom stereocenters. The third kappa shape index (κ3) is 4.98. The molecule has 0 aliphatic carbocycles. The molecule has 2 N–H and O–H groups in total. The summed E-state index contributed by atoms with van der Waals surface area (Å²) in [4.78, 5) is 15.3. The van der Waals surface area contributed by atoms with Crippen LogP contribution in [0, 0.1) is 0 Å². The van der Waals surface area contributed by atoms with E-state index in [2.05, 4.69) is 25.8 Å². The zero-order chi connectivity index (χ0) is 17.5. The zero-order valence-corrected chi connectivity index (χ0v) is 14.4. The molecule has 0 radical (unpaired) electrons. The number of amides is 1. The van der Waals surface area contributed by atoms with Crippen LogP contribution in [0.5, 0.6) is 5.75 Å². The van der Waals surface area contributed by atoms with Crippen LogP contribution in [0.25, 0.3) is 10.7 Å². The van der Waals surface area contributed by atoms with Crippen molar-refractivity contribution < 1.29 is 9.53 Å². The average Bonchev–Trinajstić information content (AvgIpc) is 3.08. The molecule has 8 heteroatoms. The molecule has 0 bridgehead atoms. The van der Waals surface area contributed by atoms with Crippen LogP contribution in [0.3, 0.4) is 0 Å². The van der Waals surface area contributed by atoms with Gasteiger partial charge in [0.25, 0.3) is 0 Å². The van der Waals surface area contributed by atoms with E-state index in [0.29, 0.717) is 24.6 Å². The molecule has 3 rings (SSSR count). The number of rotatable bonds is 7. The van der Waals surface area contributed by atoms with Gasteiger partial charge in [-0.3, -0.25) is 9.78 Å². The molecule has 2 aromatic heterocycles. The maximum absolute atomic E-state index is 11.1. The summed E-state index contributed by atoms with van der Waals surface area (Å²) in [5, 5.41) is 15.6. The Hall–Kier alpha value is -3.00. The van der Waals surface area contributed by atoms with Gasteiger partial charge >= 0.3 is 0 Å². The zero-order valence-electron chi connectivity index (χ0n) is 13.6. The van der Waals surface area contributed by atoms with E-state index in [9.17, 15) is 4.79 Å². The molecule has 0 spiro atoms. The number of nitrogens with one attached hydrogen (secondary N) is 2. The molecule has 0 fully saturated rings. The number of anilines is 2. The fourth-order valence-corrected chi connectivity index (χ4v) is 2.83. The fourth-order valence-electron chi connectivity index (χ4n) is 2.08. The molecule has 25 heavy (non-hydrogen) atoms. The number of hydrogen-bond acceptors (Lipinski definition) is 7. The second kappa shape index (κ2) is 8.20. The van der Waals surface area contributed by atoms with Gasteiger partial charge in [0.2, 0.25) is 11.0 Å². The van der Waals surface area contributed by atoms with Gasteiger partial charge in [0.1, 0.15) is 18.1 Å². The molecule has 0 aliphatic rings. The lowest BCUT2D eigenvalue weighted by Crippen LogP contribution is -2.11. The third-order valence-electron chi connectivity index (χ3n) is 3.11. The maximum Gasteiger partial charge on any atom is 0.221 e. The van der Waals surface area contributed by atoms with Crippen molar-refractivity contribution >= 4 is 28.1 Å². The minimum Gasteiger partial charge on any atom is -0.492 e. The van der Waals surface area contributed by atoms with Gasteiger partial charge < -0.3 is 15.4 Å². The summed E-state index contributed by atoms with van der Waals surface area (Å²) < 4.78 is 5.67. The van der Waals surface area contributed by atoms with E-state index in [1.807, 2.05) is 36.4 Å². The Bertz CT molecular complexity index is 838. The van der Waals surface area contributed by atoms with E-state index in [1.165, 1.54) is 18.3 Å².